The van der Waals surface area contributed by atoms with Gasteiger partial charge in [0.1, 0.15) is 5.65 Å². The Morgan fingerprint density at radius 3 is 3.12 bits per heavy atom. The van der Waals surface area contributed by atoms with Crippen LogP contribution < -0.4 is 5.56 Å². The van der Waals surface area contributed by atoms with Gasteiger partial charge >= 0.3 is 0 Å². The molecule has 0 unspecified atom stereocenters. The van der Waals surface area contributed by atoms with E-state index in [1.807, 2.05) is 18.3 Å². The van der Waals surface area contributed by atoms with Crippen molar-refractivity contribution < 1.29 is 0 Å². The molecule has 0 bridgehead atoms. The second-order valence-corrected chi connectivity index (χ2v) is 4.71. The summed E-state index contributed by atoms with van der Waals surface area (Å²) in [6.07, 6.45) is 6.94. The quantitative estimate of drug-likeness (QED) is 0.789. The Hall–Kier alpha value is -1.64. The third-order valence-electron chi connectivity index (χ3n) is 3.45. The van der Waals surface area contributed by atoms with Gasteiger partial charge in [0.2, 0.25) is 0 Å². The molecular weight excluding hydrogens is 212 g/mol. The van der Waals surface area contributed by atoms with Gasteiger partial charge in [0.25, 0.3) is 5.56 Å². The fourth-order valence-electron chi connectivity index (χ4n) is 2.60. The summed E-state index contributed by atoms with van der Waals surface area (Å²) >= 11 is 0. The maximum Gasteiger partial charge on any atom is 0.261 e. The molecule has 0 aromatic carbocycles. The van der Waals surface area contributed by atoms with Crippen molar-refractivity contribution in [1.29, 1.82) is 0 Å². The summed E-state index contributed by atoms with van der Waals surface area (Å²) in [5, 5.41) is 0. The normalized spacial score (nSPS) is 14.2. The van der Waals surface area contributed by atoms with Crippen LogP contribution in [0.25, 0.3) is 5.65 Å². The molecule has 0 fully saturated rings. The average Bonchev–Trinajstić information content (AvgIpc) is 2.78. The predicted molar refractivity (Wildman–Crippen MR) is 67.5 cm³/mol. The van der Waals surface area contributed by atoms with E-state index in [2.05, 4.69) is 11.9 Å². The van der Waals surface area contributed by atoms with Crippen molar-refractivity contribution in [3.63, 3.8) is 0 Å². The summed E-state index contributed by atoms with van der Waals surface area (Å²) in [7, 11) is 0. The topological polar surface area (TPSA) is 34.4 Å². The van der Waals surface area contributed by atoms with Gasteiger partial charge in [-0.3, -0.25) is 9.20 Å². The number of fused-ring (bicyclic) bond motifs is 2. The monoisotopic (exact) mass is 228 g/mol. The first-order chi connectivity index (χ1) is 8.29. The second kappa shape index (κ2) is 3.99. The number of nitrogens with zero attached hydrogens (tertiary/aromatic N) is 2. The number of pyridine rings is 1. The molecule has 88 valence electrons. The van der Waals surface area contributed by atoms with Crippen molar-refractivity contribution in [3.8, 4) is 0 Å². The summed E-state index contributed by atoms with van der Waals surface area (Å²) in [6.45, 7) is 2.16. The predicted octanol–water partition coefficient (Wildman–Crippen LogP) is 2.14. The molecule has 0 N–H and O–H groups in total. The molecule has 0 aliphatic heterocycles. The highest BCUT2D eigenvalue weighted by molar-refractivity contribution is 5.44. The smallest absolute Gasteiger partial charge is 0.261 e. The van der Waals surface area contributed by atoms with Gasteiger partial charge in [0, 0.05) is 11.8 Å². The standard InChI is InChI=1S/C14H16N2O/c1-2-4-10-7-8-16-13(9-10)15-12-6-3-5-11(12)14(16)17/h7-9H,2-6H2,1H3. The molecular formula is C14H16N2O. The number of aryl methyl sites for hydroxylation is 2. The van der Waals surface area contributed by atoms with E-state index in [1.165, 1.54) is 5.56 Å². The lowest BCUT2D eigenvalue weighted by Gasteiger charge is -2.06. The molecule has 3 heteroatoms. The molecule has 2 aromatic rings. The Bertz CT molecular complexity index is 628. The zero-order valence-electron chi connectivity index (χ0n) is 10.1. The maximum absolute atomic E-state index is 12.2. The van der Waals surface area contributed by atoms with Crippen LogP contribution in [-0.4, -0.2) is 9.38 Å². The molecule has 17 heavy (non-hydrogen) atoms. The molecule has 0 spiro atoms. The second-order valence-electron chi connectivity index (χ2n) is 4.71. The molecule has 3 nitrogen and oxygen atoms in total. The molecule has 1 aliphatic rings. The minimum Gasteiger partial charge on any atom is -0.269 e. The molecule has 2 heterocycles. The third-order valence-corrected chi connectivity index (χ3v) is 3.45. The molecule has 2 aromatic heterocycles. The van der Waals surface area contributed by atoms with Crippen molar-refractivity contribution in [2.45, 2.75) is 39.0 Å². The van der Waals surface area contributed by atoms with E-state index >= 15 is 0 Å². The summed E-state index contributed by atoms with van der Waals surface area (Å²) < 4.78 is 1.68. The minimum atomic E-state index is 0.130. The first-order valence-electron chi connectivity index (χ1n) is 6.32. The zero-order chi connectivity index (χ0) is 11.8. The summed E-state index contributed by atoms with van der Waals surface area (Å²) in [5.41, 5.74) is 4.14. The zero-order valence-corrected chi connectivity index (χ0v) is 10.1. The van der Waals surface area contributed by atoms with E-state index in [4.69, 9.17) is 0 Å². The van der Waals surface area contributed by atoms with Crippen molar-refractivity contribution in [3.05, 3.63) is 45.5 Å². The van der Waals surface area contributed by atoms with E-state index in [9.17, 15) is 4.79 Å². The van der Waals surface area contributed by atoms with Crippen molar-refractivity contribution in [1.82, 2.24) is 9.38 Å². The van der Waals surface area contributed by atoms with E-state index in [-0.39, 0.29) is 5.56 Å². The first-order valence-corrected chi connectivity index (χ1v) is 6.32. The highest BCUT2D eigenvalue weighted by Gasteiger charge is 2.17. The summed E-state index contributed by atoms with van der Waals surface area (Å²) in [5.74, 6) is 0. The Morgan fingerprint density at radius 2 is 2.29 bits per heavy atom. The lowest BCUT2D eigenvalue weighted by Crippen LogP contribution is -2.19. The molecule has 0 radical (unpaired) electrons. The van der Waals surface area contributed by atoms with Crippen LogP contribution in [0, 0.1) is 0 Å². The van der Waals surface area contributed by atoms with E-state index < -0.39 is 0 Å². The highest BCUT2D eigenvalue weighted by Crippen LogP contribution is 2.17. The molecule has 0 saturated carbocycles. The van der Waals surface area contributed by atoms with Crippen LogP contribution in [0.3, 0.4) is 0 Å². The van der Waals surface area contributed by atoms with Crippen LogP contribution >= 0.6 is 0 Å². The molecule has 1 aliphatic carbocycles. The Balaban J connectivity index is 2.25. The summed E-state index contributed by atoms with van der Waals surface area (Å²) in [6, 6.07) is 4.07. The van der Waals surface area contributed by atoms with Crippen LogP contribution in [0.2, 0.25) is 0 Å². The third kappa shape index (κ3) is 1.66. The van der Waals surface area contributed by atoms with Crippen LogP contribution in [0.4, 0.5) is 0 Å². The van der Waals surface area contributed by atoms with E-state index in [0.29, 0.717) is 0 Å². The van der Waals surface area contributed by atoms with E-state index in [1.54, 1.807) is 4.40 Å². The molecule has 0 atom stereocenters. The molecule has 3 rings (SSSR count). The largest absolute Gasteiger partial charge is 0.269 e. The number of hydrogen-bond donors (Lipinski definition) is 0. The van der Waals surface area contributed by atoms with Crippen LogP contribution in [0.1, 0.15) is 36.6 Å². The molecule has 0 amide bonds. The number of hydrogen-bond acceptors (Lipinski definition) is 2. The van der Waals surface area contributed by atoms with Gasteiger partial charge < -0.3 is 0 Å². The Labute approximate surface area is 100 Å². The van der Waals surface area contributed by atoms with Crippen LogP contribution in [-0.2, 0) is 19.3 Å². The van der Waals surface area contributed by atoms with Gasteiger partial charge in [-0.2, -0.15) is 0 Å². The van der Waals surface area contributed by atoms with Gasteiger partial charge in [-0.05, 0) is 43.4 Å². The Kier molecular flexibility index (Phi) is 2.46. The van der Waals surface area contributed by atoms with Gasteiger partial charge in [-0.1, -0.05) is 13.3 Å². The fourth-order valence-corrected chi connectivity index (χ4v) is 2.60. The average molecular weight is 228 g/mol. The van der Waals surface area contributed by atoms with Crippen LogP contribution in [0.5, 0.6) is 0 Å². The van der Waals surface area contributed by atoms with Gasteiger partial charge in [0.15, 0.2) is 0 Å². The lowest BCUT2D eigenvalue weighted by molar-refractivity contribution is 0.899. The SMILES string of the molecule is CCCc1ccn2c(=O)c3c(nc2c1)CCC3. The van der Waals surface area contributed by atoms with Gasteiger partial charge in [-0.25, -0.2) is 4.98 Å². The van der Waals surface area contributed by atoms with Gasteiger partial charge in [-0.15, -0.1) is 0 Å². The highest BCUT2D eigenvalue weighted by atomic mass is 16.1. The fraction of sp³-hybridized carbons (Fsp3) is 0.429. The van der Waals surface area contributed by atoms with E-state index in [0.717, 1.165) is 49.0 Å². The van der Waals surface area contributed by atoms with Gasteiger partial charge in [0.05, 0.1) is 5.69 Å². The van der Waals surface area contributed by atoms with Crippen molar-refractivity contribution in [2.24, 2.45) is 0 Å². The van der Waals surface area contributed by atoms with Crippen molar-refractivity contribution >= 4 is 5.65 Å². The molecule has 0 saturated heterocycles. The summed E-state index contributed by atoms with van der Waals surface area (Å²) in [4.78, 5) is 16.8. The number of rotatable bonds is 2. The van der Waals surface area contributed by atoms with Crippen LogP contribution in [0.15, 0.2) is 23.1 Å². The van der Waals surface area contributed by atoms with Crippen molar-refractivity contribution in [2.75, 3.05) is 0 Å². The Morgan fingerprint density at radius 1 is 1.41 bits per heavy atom. The maximum atomic E-state index is 12.2. The lowest BCUT2D eigenvalue weighted by atomic mass is 10.1. The minimum absolute atomic E-state index is 0.130. The number of aromatic nitrogens is 2. The first kappa shape index (κ1) is 10.5.